The van der Waals surface area contributed by atoms with Crippen molar-refractivity contribution in [3.05, 3.63) is 92.6 Å². The summed E-state index contributed by atoms with van der Waals surface area (Å²) in [5, 5.41) is 21.7. The van der Waals surface area contributed by atoms with Gasteiger partial charge in [0.1, 0.15) is 12.2 Å². The molecule has 14 heteroatoms. The van der Waals surface area contributed by atoms with Gasteiger partial charge in [-0.25, -0.2) is 9.36 Å². The van der Waals surface area contributed by atoms with Crippen LogP contribution in [0.3, 0.4) is 0 Å². The number of hydrogen-bond acceptors (Lipinski definition) is 6. The largest absolute Gasteiger partial charge is 0.331 e. The van der Waals surface area contributed by atoms with Crippen molar-refractivity contribution in [3.63, 3.8) is 0 Å². The Hall–Kier alpha value is -4.19. The van der Waals surface area contributed by atoms with Crippen molar-refractivity contribution in [2.45, 2.75) is 33.5 Å². The summed E-state index contributed by atoms with van der Waals surface area (Å²) in [4.78, 5) is 28.1. The summed E-state index contributed by atoms with van der Waals surface area (Å²) >= 11 is 18.1. The van der Waals surface area contributed by atoms with Crippen molar-refractivity contribution in [2.75, 3.05) is 11.9 Å². The fourth-order valence-corrected chi connectivity index (χ4v) is 5.70. The molecule has 214 valence electrons. The zero-order valence-electron chi connectivity index (χ0n) is 22.6. The molecule has 11 nitrogen and oxygen atoms in total. The third kappa shape index (κ3) is 5.50. The van der Waals surface area contributed by atoms with Crippen LogP contribution >= 0.6 is 34.8 Å². The molecule has 0 atom stereocenters. The van der Waals surface area contributed by atoms with Crippen LogP contribution in [0.5, 0.6) is 0 Å². The van der Waals surface area contributed by atoms with E-state index in [9.17, 15) is 9.59 Å². The molecule has 1 N–H and O–H groups in total. The van der Waals surface area contributed by atoms with Gasteiger partial charge in [0, 0.05) is 32.9 Å². The number of nitrogens with one attached hydrogen (secondary N) is 1. The number of aryl methyl sites for hydroxylation is 1. The van der Waals surface area contributed by atoms with Crippen molar-refractivity contribution in [1.82, 2.24) is 39.5 Å². The number of halogens is 3. The zero-order valence-corrected chi connectivity index (χ0v) is 24.8. The van der Waals surface area contributed by atoms with Crippen molar-refractivity contribution in [2.24, 2.45) is 0 Å². The van der Waals surface area contributed by atoms with Gasteiger partial charge in [-0.15, -0.1) is 5.10 Å². The first kappa shape index (κ1) is 28.0. The first-order valence-electron chi connectivity index (χ1n) is 13.0. The lowest BCUT2D eigenvalue weighted by molar-refractivity contribution is -0.116. The average Bonchev–Trinajstić information content (AvgIpc) is 3.64. The predicted octanol–water partition coefficient (Wildman–Crippen LogP) is 5.20. The number of carbonyl (C=O) groups is 2. The molecule has 2 amide bonds. The Morgan fingerprint density at radius 1 is 0.976 bits per heavy atom. The minimum absolute atomic E-state index is 0.0681. The summed E-state index contributed by atoms with van der Waals surface area (Å²) < 4.78 is 5.06. The summed E-state index contributed by atoms with van der Waals surface area (Å²) in [5.74, 6) is -0.423. The smallest absolute Gasteiger partial charge is 0.258 e. The molecular formula is C28H24Cl3N9O2. The topological polar surface area (TPSA) is 116 Å². The van der Waals surface area contributed by atoms with Crippen LogP contribution < -0.4 is 5.32 Å². The van der Waals surface area contributed by atoms with Crippen LogP contribution in [0.4, 0.5) is 5.69 Å². The lowest BCUT2D eigenvalue weighted by Crippen LogP contribution is -2.39. The second kappa shape index (κ2) is 11.2. The van der Waals surface area contributed by atoms with Crippen LogP contribution in [0.2, 0.25) is 15.1 Å². The number of carbonyl (C=O) groups excluding carboxylic acids is 2. The van der Waals surface area contributed by atoms with Crippen LogP contribution in [0.15, 0.2) is 54.9 Å². The highest BCUT2D eigenvalue weighted by molar-refractivity contribution is 6.35. The van der Waals surface area contributed by atoms with E-state index in [4.69, 9.17) is 34.8 Å². The molecule has 0 aliphatic carbocycles. The van der Waals surface area contributed by atoms with E-state index in [0.29, 0.717) is 57.3 Å². The summed E-state index contributed by atoms with van der Waals surface area (Å²) in [7, 11) is 0. The normalized spacial score (nSPS) is 12.8. The lowest BCUT2D eigenvalue weighted by Gasteiger charge is -2.28. The van der Waals surface area contributed by atoms with Crippen molar-refractivity contribution < 1.29 is 9.59 Å². The maximum atomic E-state index is 13.8. The van der Waals surface area contributed by atoms with Gasteiger partial charge >= 0.3 is 0 Å². The molecule has 0 saturated carbocycles. The van der Waals surface area contributed by atoms with E-state index in [1.54, 1.807) is 52.3 Å². The third-order valence-corrected chi connectivity index (χ3v) is 7.69. The van der Waals surface area contributed by atoms with Crippen molar-refractivity contribution in [3.8, 4) is 16.9 Å². The van der Waals surface area contributed by atoms with Gasteiger partial charge in [-0.1, -0.05) is 40.0 Å². The van der Waals surface area contributed by atoms with E-state index >= 15 is 0 Å². The van der Waals surface area contributed by atoms with E-state index < -0.39 is 0 Å². The Bertz CT molecular complexity index is 1800. The summed E-state index contributed by atoms with van der Waals surface area (Å²) in [6.07, 6.45) is 3.38. The van der Waals surface area contributed by atoms with E-state index in [1.165, 1.54) is 4.68 Å². The molecule has 0 radical (unpaired) electrons. The third-order valence-electron chi connectivity index (χ3n) is 7.00. The van der Waals surface area contributed by atoms with Crippen molar-refractivity contribution >= 4 is 52.3 Å². The molecule has 0 unspecified atom stereocenters. The van der Waals surface area contributed by atoms with Gasteiger partial charge in [-0.2, -0.15) is 10.2 Å². The summed E-state index contributed by atoms with van der Waals surface area (Å²) in [6.45, 7) is 5.02. The highest BCUT2D eigenvalue weighted by atomic mass is 35.5. The van der Waals surface area contributed by atoms with Gasteiger partial charge < -0.3 is 10.2 Å². The number of anilines is 1. The molecule has 4 heterocycles. The zero-order chi connectivity index (χ0) is 29.5. The van der Waals surface area contributed by atoms with Gasteiger partial charge in [0.05, 0.1) is 53.8 Å². The molecule has 42 heavy (non-hydrogen) atoms. The number of benzene rings is 2. The highest BCUT2D eigenvalue weighted by Crippen LogP contribution is 2.28. The molecule has 3 aromatic heterocycles. The SMILES string of the molecule is Cc1nn(-c2ccc(Cl)cc2)c(C)c1C(=O)N1CCn2ncc(-c3cn(CC(=O)Nc4cc(Cl)cc(Cl)c4)nn3)c2C1. The molecule has 0 spiro atoms. The van der Waals surface area contributed by atoms with Crippen LogP contribution in [0, 0.1) is 13.8 Å². The molecular weight excluding hydrogens is 601 g/mol. The molecule has 2 aromatic carbocycles. The number of rotatable bonds is 6. The van der Waals surface area contributed by atoms with Crippen LogP contribution in [0.25, 0.3) is 16.9 Å². The maximum Gasteiger partial charge on any atom is 0.258 e. The number of hydrogen-bond donors (Lipinski definition) is 1. The maximum absolute atomic E-state index is 13.8. The first-order valence-corrected chi connectivity index (χ1v) is 14.1. The van der Waals surface area contributed by atoms with Gasteiger partial charge in [0.2, 0.25) is 5.91 Å². The Kier molecular flexibility index (Phi) is 7.48. The highest BCUT2D eigenvalue weighted by Gasteiger charge is 2.29. The van der Waals surface area contributed by atoms with E-state index in [1.807, 2.05) is 30.7 Å². The molecule has 0 fully saturated rings. The van der Waals surface area contributed by atoms with Crippen LogP contribution in [-0.4, -0.2) is 57.8 Å². The minimum Gasteiger partial charge on any atom is -0.331 e. The molecule has 1 aliphatic heterocycles. The number of aromatic nitrogens is 7. The molecule has 0 saturated heterocycles. The minimum atomic E-state index is -0.316. The van der Waals surface area contributed by atoms with E-state index in [0.717, 1.165) is 22.6 Å². The van der Waals surface area contributed by atoms with Crippen molar-refractivity contribution in [1.29, 1.82) is 0 Å². The quantitative estimate of drug-likeness (QED) is 0.278. The number of amides is 2. The van der Waals surface area contributed by atoms with Crippen LogP contribution in [-0.2, 0) is 24.4 Å². The Morgan fingerprint density at radius 2 is 1.71 bits per heavy atom. The van der Waals surface area contributed by atoms with Gasteiger partial charge in [-0.3, -0.25) is 14.3 Å². The molecule has 6 rings (SSSR count). The average molecular weight is 625 g/mol. The monoisotopic (exact) mass is 623 g/mol. The lowest BCUT2D eigenvalue weighted by atomic mass is 10.1. The van der Waals surface area contributed by atoms with E-state index in [-0.39, 0.29) is 18.4 Å². The molecule has 5 aromatic rings. The first-order chi connectivity index (χ1) is 20.2. The second-order valence-corrected chi connectivity index (χ2v) is 11.2. The Morgan fingerprint density at radius 3 is 2.45 bits per heavy atom. The Labute approximate surface area is 255 Å². The van der Waals surface area contributed by atoms with Gasteiger partial charge in [-0.05, 0) is 56.3 Å². The molecule has 0 bridgehead atoms. The number of nitrogens with zero attached hydrogens (tertiary/aromatic N) is 8. The standard InChI is InChI=1S/C28H24Cl3N9O2/c1-16-27(17(2)40(35-16)22-5-3-18(29)4-6-22)28(42)37-7-8-39-25(14-37)23(12-32-39)24-13-38(36-34-24)15-26(41)33-21-10-19(30)9-20(31)11-21/h3-6,9-13H,7-8,14-15H2,1-2H3,(H,33,41). The predicted molar refractivity (Wildman–Crippen MR) is 159 cm³/mol. The number of fused-ring (bicyclic) bond motifs is 1. The van der Waals surface area contributed by atoms with Crippen LogP contribution in [0.1, 0.15) is 27.4 Å². The Balaban J connectivity index is 1.18. The second-order valence-electron chi connectivity index (χ2n) is 9.90. The van der Waals surface area contributed by atoms with Gasteiger partial charge in [0.25, 0.3) is 5.91 Å². The molecule has 1 aliphatic rings. The fraction of sp³-hybridized carbons (Fsp3) is 0.214. The summed E-state index contributed by atoms with van der Waals surface area (Å²) in [5.41, 5.74) is 5.40. The summed E-state index contributed by atoms with van der Waals surface area (Å²) in [6, 6.07) is 12.1. The van der Waals surface area contributed by atoms with E-state index in [2.05, 4.69) is 25.8 Å². The fourth-order valence-electron chi connectivity index (χ4n) is 5.05. The van der Waals surface area contributed by atoms with Gasteiger partial charge in [0.15, 0.2) is 0 Å².